The van der Waals surface area contributed by atoms with Gasteiger partial charge in [-0.25, -0.2) is 9.69 Å². The Morgan fingerprint density at radius 3 is 2.59 bits per heavy atom. The largest absolute Gasteiger partial charge is 0.497 e. The molecule has 5 nitrogen and oxygen atoms in total. The van der Waals surface area contributed by atoms with Crippen LogP contribution in [0.3, 0.4) is 0 Å². The molecule has 1 fully saturated rings. The van der Waals surface area contributed by atoms with E-state index in [2.05, 4.69) is 5.32 Å². The van der Waals surface area contributed by atoms with Crippen LogP contribution in [0.1, 0.15) is 12.8 Å². The maximum Gasteiger partial charge on any atom is 0.328 e. The predicted octanol–water partition coefficient (Wildman–Crippen LogP) is 1.53. The quantitative estimate of drug-likeness (QED) is 0.844. The van der Waals surface area contributed by atoms with Gasteiger partial charge in [0.05, 0.1) is 12.8 Å². The van der Waals surface area contributed by atoms with E-state index in [-0.39, 0.29) is 11.9 Å². The zero-order valence-corrected chi connectivity index (χ0v) is 9.60. The minimum absolute atomic E-state index is 0.176. The highest BCUT2D eigenvalue weighted by atomic mass is 16.5. The molecule has 1 N–H and O–H groups in total. The van der Waals surface area contributed by atoms with Gasteiger partial charge in [-0.1, -0.05) is 0 Å². The van der Waals surface area contributed by atoms with Crippen molar-refractivity contribution >= 4 is 17.6 Å². The van der Waals surface area contributed by atoms with Crippen LogP contribution in [0.25, 0.3) is 0 Å². The smallest absolute Gasteiger partial charge is 0.328 e. The first-order valence-corrected chi connectivity index (χ1v) is 5.47. The molecular weight excluding hydrogens is 220 g/mol. The van der Waals surface area contributed by atoms with Crippen molar-refractivity contribution in [3.63, 3.8) is 0 Å². The number of imide groups is 1. The van der Waals surface area contributed by atoms with E-state index < -0.39 is 0 Å². The third-order valence-corrected chi connectivity index (χ3v) is 2.63. The first-order valence-electron chi connectivity index (χ1n) is 5.47. The molecule has 1 saturated heterocycles. The van der Waals surface area contributed by atoms with Crippen LogP contribution in [0.15, 0.2) is 24.3 Å². The fourth-order valence-electron chi connectivity index (χ4n) is 1.73. The molecule has 17 heavy (non-hydrogen) atoms. The van der Waals surface area contributed by atoms with Gasteiger partial charge in [-0.05, 0) is 30.7 Å². The second-order valence-corrected chi connectivity index (χ2v) is 3.76. The highest BCUT2D eigenvalue weighted by molar-refractivity contribution is 6.14. The van der Waals surface area contributed by atoms with Crippen molar-refractivity contribution in [2.75, 3.05) is 18.6 Å². The maximum atomic E-state index is 11.8. The van der Waals surface area contributed by atoms with E-state index in [0.29, 0.717) is 30.8 Å². The number of rotatable bonds is 2. The molecule has 1 heterocycles. The first kappa shape index (κ1) is 11.4. The average molecular weight is 234 g/mol. The minimum Gasteiger partial charge on any atom is -0.497 e. The number of carbonyl (C=O) groups excluding carboxylic acids is 2. The van der Waals surface area contributed by atoms with Crippen LogP contribution in [0.2, 0.25) is 0 Å². The SMILES string of the molecule is COc1ccc(N2C(=O)CCCNC2=O)cc1. The topological polar surface area (TPSA) is 58.6 Å². The highest BCUT2D eigenvalue weighted by Crippen LogP contribution is 2.21. The summed E-state index contributed by atoms with van der Waals surface area (Å²) in [7, 11) is 1.57. The molecule has 0 atom stereocenters. The van der Waals surface area contributed by atoms with Crippen LogP contribution < -0.4 is 15.0 Å². The highest BCUT2D eigenvalue weighted by Gasteiger charge is 2.25. The Labute approximate surface area is 99.4 Å². The van der Waals surface area contributed by atoms with Gasteiger partial charge >= 0.3 is 6.03 Å². The van der Waals surface area contributed by atoms with Crippen LogP contribution in [0.4, 0.5) is 10.5 Å². The van der Waals surface area contributed by atoms with Gasteiger partial charge in [-0.15, -0.1) is 0 Å². The number of amides is 3. The molecule has 0 aromatic heterocycles. The molecule has 0 bridgehead atoms. The minimum atomic E-state index is -0.363. The third-order valence-electron chi connectivity index (χ3n) is 2.63. The van der Waals surface area contributed by atoms with Crippen molar-refractivity contribution in [1.82, 2.24) is 5.32 Å². The Balaban J connectivity index is 2.28. The van der Waals surface area contributed by atoms with Gasteiger partial charge in [0.15, 0.2) is 0 Å². The molecular formula is C12H14N2O3. The fourth-order valence-corrected chi connectivity index (χ4v) is 1.73. The molecule has 0 saturated carbocycles. The van der Waals surface area contributed by atoms with Crippen molar-refractivity contribution in [3.05, 3.63) is 24.3 Å². The number of hydrogen-bond donors (Lipinski definition) is 1. The Morgan fingerprint density at radius 2 is 1.94 bits per heavy atom. The summed E-state index contributed by atoms with van der Waals surface area (Å²) in [6.45, 7) is 0.539. The Hall–Kier alpha value is -2.04. The second-order valence-electron chi connectivity index (χ2n) is 3.76. The van der Waals surface area contributed by atoms with E-state index in [1.165, 1.54) is 4.90 Å². The molecule has 1 aliphatic rings. The van der Waals surface area contributed by atoms with Crippen LogP contribution in [-0.4, -0.2) is 25.6 Å². The predicted molar refractivity (Wildman–Crippen MR) is 63.1 cm³/mol. The maximum absolute atomic E-state index is 11.8. The van der Waals surface area contributed by atoms with E-state index in [9.17, 15) is 9.59 Å². The number of ether oxygens (including phenoxy) is 1. The molecule has 0 unspecified atom stereocenters. The van der Waals surface area contributed by atoms with E-state index in [4.69, 9.17) is 4.74 Å². The molecule has 0 aliphatic carbocycles. The molecule has 2 rings (SSSR count). The second kappa shape index (κ2) is 4.86. The van der Waals surface area contributed by atoms with E-state index >= 15 is 0 Å². The van der Waals surface area contributed by atoms with Gasteiger partial charge < -0.3 is 10.1 Å². The molecule has 5 heteroatoms. The lowest BCUT2D eigenvalue weighted by Gasteiger charge is -2.18. The number of hydrogen-bond acceptors (Lipinski definition) is 3. The number of anilines is 1. The first-order chi connectivity index (χ1) is 8.22. The average Bonchev–Trinajstić information content (AvgIpc) is 2.51. The number of benzene rings is 1. The Kier molecular flexibility index (Phi) is 3.27. The van der Waals surface area contributed by atoms with Crippen LogP contribution >= 0.6 is 0 Å². The van der Waals surface area contributed by atoms with Gasteiger partial charge in [-0.2, -0.15) is 0 Å². The summed E-state index contributed by atoms with van der Waals surface area (Å²) in [6, 6.07) is 6.47. The van der Waals surface area contributed by atoms with Gasteiger partial charge in [0.2, 0.25) is 5.91 Å². The molecule has 1 aliphatic heterocycles. The molecule has 90 valence electrons. The number of methoxy groups -OCH3 is 1. The normalized spacial score (nSPS) is 16.4. The van der Waals surface area contributed by atoms with Crippen molar-refractivity contribution in [2.24, 2.45) is 0 Å². The van der Waals surface area contributed by atoms with Gasteiger partial charge in [0.1, 0.15) is 5.75 Å². The number of nitrogens with one attached hydrogen (secondary N) is 1. The zero-order valence-electron chi connectivity index (χ0n) is 9.60. The molecule has 1 aromatic rings. The van der Waals surface area contributed by atoms with Crippen LogP contribution in [-0.2, 0) is 4.79 Å². The summed E-state index contributed by atoms with van der Waals surface area (Å²) in [4.78, 5) is 24.7. The standard InChI is InChI=1S/C12H14N2O3/c1-17-10-6-4-9(5-7-10)14-11(15)3-2-8-13-12(14)16/h4-7H,2-3,8H2,1H3,(H,13,16). The molecule has 0 spiro atoms. The zero-order chi connectivity index (χ0) is 12.3. The van der Waals surface area contributed by atoms with Crippen molar-refractivity contribution in [2.45, 2.75) is 12.8 Å². The van der Waals surface area contributed by atoms with Crippen molar-refractivity contribution in [1.29, 1.82) is 0 Å². The number of urea groups is 1. The lowest BCUT2D eigenvalue weighted by atomic mass is 10.2. The van der Waals surface area contributed by atoms with Gasteiger partial charge in [0.25, 0.3) is 0 Å². The van der Waals surface area contributed by atoms with Crippen LogP contribution in [0.5, 0.6) is 5.75 Å². The van der Waals surface area contributed by atoms with Gasteiger partial charge in [-0.3, -0.25) is 4.79 Å². The Bertz CT molecular complexity index is 410. The summed E-state index contributed by atoms with van der Waals surface area (Å²) in [6.07, 6.45) is 1.06. The summed E-state index contributed by atoms with van der Waals surface area (Å²) in [5, 5.41) is 2.69. The third kappa shape index (κ3) is 2.38. The molecule has 0 radical (unpaired) electrons. The van der Waals surface area contributed by atoms with Crippen LogP contribution in [0, 0.1) is 0 Å². The molecule has 1 aromatic carbocycles. The Morgan fingerprint density at radius 1 is 1.24 bits per heavy atom. The van der Waals surface area contributed by atoms with E-state index in [1.54, 1.807) is 31.4 Å². The number of carbonyl (C=O) groups is 2. The van der Waals surface area contributed by atoms with E-state index in [0.717, 1.165) is 0 Å². The monoisotopic (exact) mass is 234 g/mol. The summed E-state index contributed by atoms with van der Waals surface area (Å²) in [5.41, 5.74) is 0.565. The summed E-state index contributed by atoms with van der Waals surface area (Å²) < 4.78 is 5.03. The number of nitrogens with zero attached hydrogens (tertiary/aromatic N) is 1. The summed E-state index contributed by atoms with van der Waals surface area (Å²) >= 11 is 0. The lowest BCUT2D eigenvalue weighted by Crippen LogP contribution is -2.41. The summed E-state index contributed by atoms with van der Waals surface area (Å²) in [5.74, 6) is 0.515. The van der Waals surface area contributed by atoms with E-state index in [1.807, 2.05) is 0 Å². The lowest BCUT2D eigenvalue weighted by molar-refractivity contribution is -0.117. The van der Waals surface area contributed by atoms with Gasteiger partial charge in [0, 0.05) is 13.0 Å². The molecule has 3 amide bonds. The van der Waals surface area contributed by atoms with Crippen molar-refractivity contribution in [3.8, 4) is 5.75 Å². The van der Waals surface area contributed by atoms with Crippen molar-refractivity contribution < 1.29 is 14.3 Å². The fraction of sp³-hybridized carbons (Fsp3) is 0.333.